The number of rotatable bonds is 6. The zero-order chi connectivity index (χ0) is 17.0. The summed E-state index contributed by atoms with van der Waals surface area (Å²) in [5, 5.41) is 8.85. The van der Waals surface area contributed by atoms with Gasteiger partial charge in [0.05, 0.1) is 12.2 Å². The SMILES string of the molecule is CCOc1ccc(Br)cc1S(=O)(=O)Nc1ccc(C(=O)O)cc1. The standard InChI is InChI=1S/C15H14BrNO5S/c1-2-22-13-8-5-11(16)9-14(13)23(20,21)17-12-6-3-10(4-7-12)15(18)19/h3-9,17H,2H2,1H3,(H,18,19). The summed E-state index contributed by atoms with van der Waals surface area (Å²) in [5.74, 6) is -0.838. The molecule has 6 nitrogen and oxygen atoms in total. The van der Waals surface area contributed by atoms with E-state index >= 15 is 0 Å². The summed E-state index contributed by atoms with van der Waals surface area (Å²) in [6.07, 6.45) is 0. The summed E-state index contributed by atoms with van der Waals surface area (Å²) in [7, 11) is -3.87. The van der Waals surface area contributed by atoms with Gasteiger partial charge >= 0.3 is 5.97 Å². The Morgan fingerprint density at radius 2 is 1.87 bits per heavy atom. The van der Waals surface area contributed by atoms with Gasteiger partial charge in [0.25, 0.3) is 10.0 Å². The van der Waals surface area contributed by atoms with Crippen molar-refractivity contribution in [2.75, 3.05) is 11.3 Å². The lowest BCUT2D eigenvalue weighted by Crippen LogP contribution is -2.14. The molecule has 0 amide bonds. The average molecular weight is 400 g/mol. The number of hydrogen-bond donors (Lipinski definition) is 2. The number of aromatic carboxylic acids is 1. The smallest absolute Gasteiger partial charge is 0.335 e. The van der Waals surface area contributed by atoms with Crippen LogP contribution >= 0.6 is 15.9 Å². The number of halogens is 1. The van der Waals surface area contributed by atoms with E-state index in [2.05, 4.69) is 20.7 Å². The third kappa shape index (κ3) is 4.23. The van der Waals surface area contributed by atoms with E-state index in [1.807, 2.05) is 0 Å². The molecule has 0 unspecified atom stereocenters. The number of anilines is 1. The van der Waals surface area contributed by atoms with E-state index in [0.29, 0.717) is 11.1 Å². The van der Waals surface area contributed by atoms with Crippen LogP contribution in [0.5, 0.6) is 5.75 Å². The first-order chi connectivity index (χ1) is 10.8. The van der Waals surface area contributed by atoms with E-state index in [4.69, 9.17) is 9.84 Å². The summed E-state index contributed by atoms with van der Waals surface area (Å²) in [6, 6.07) is 10.1. The highest BCUT2D eigenvalue weighted by Gasteiger charge is 2.20. The highest BCUT2D eigenvalue weighted by Crippen LogP contribution is 2.29. The number of carboxylic acids is 1. The molecule has 0 saturated carbocycles. The highest BCUT2D eigenvalue weighted by molar-refractivity contribution is 9.10. The first-order valence-electron chi connectivity index (χ1n) is 6.62. The molecule has 2 aromatic rings. The zero-order valence-corrected chi connectivity index (χ0v) is 14.5. The van der Waals surface area contributed by atoms with Crippen molar-refractivity contribution in [3.05, 3.63) is 52.5 Å². The second kappa shape index (κ2) is 7.01. The van der Waals surface area contributed by atoms with E-state index in [1.165, 1.54) is 30.3 Å². The molecule has 0 aliphatic carbocycles. The maximum Gasteiger partial charge on any atom is 0.335 e. The molecule has 23 heavy (non-hydrogen) atoms. The lowest BCUT2D eigenvalue weighted by Gasteiger charge is -2.13. The Morgan fingerprint density at radius 3 is 2.43 bits per heavy atom. The number of nitrogens with one attached hydrogen (secondary N) is 1. The number of benzene rings is 2. The van der Waals surface area contributed by atoms with E-state index in [9.17, 15) is 13.2 Å². The fourth-order valence-electron chi connectivity index (χ4n) is 1.86. The van der Waals surface area contributed by atoms with Crippen molar-refractivity contribution in [1.82, 2.24) is 0 Å². The van der Waals surface area contributed by atoms with Crippen LogP contribution in [0.2, 0.25) is 0 Å². The molecule has 0 atom stereocenters. The Morgan fingerprint density at radius 1 is 1.22 bits per heavy atom. The molecule has 0 bridgehead atoms. The van der Waals surface area contributed by atoms with E-state index in [1.54, 1.807) is 19.1 Å². The minimum absolute atomic E-state index is 0.00367. The van der Waals surface area contributed by atoms with Crippen molar-refractivity contribution in [3.8, 4) is 5.75 Å². The maximum atomic E-state index is 12.5. The Kier molecular flexibility index (Phi) is 5.27. The van der Waals surface area contributed by atoms with Crippen LogP contribution in [0.25, 0.3) is 0 Å². The van der Waals surface area contributed by atoms with Crippen molar-refractivity contribution < 1.29 is 23.1 Å². The Balaban J connectivity index is 2.35. The molecule has 2 rings (SSSR count). The fraction of sp³-hybridized carbons (Fsp3) is 0.133. The predicted molar refractivity (Wildman–Crippen MR) is 89.5 cm³/mol. The van der Waals surface area contributed by atoms with Crippen LogP contribution in [-0.4, -0.2) is 26.1 Å². The molecule has 2 aromatic carbocycles. The summed E-state index contributed by atoms with van der Waals surface area (Å²) >= 11 is 3.24. The number of carbonyl (C=O) groups is 1. The molecule has 0 aliphatic rings. The largest absolute Gasteiger partial charge is 0.492 e. The number of sulfonamides is 1. The van der Waals surface area contributed by atoms with Crippen LogP contribution in [0.15, 0.2) is 51.8 Å². The third-order valence-electron chi connectivity index (χ3n) is 2.88. The first kappa shape index (κ1) is 17.3. The monoisotopic (exact) mass is 399 g/mol. The topological polar surface area (TPSA) is 92.7 Å². The summed E-state index contributed by atoms with van der Waals surface area (Å²) < 4.78 is 33.4. The highest BCUT2D eigenvalue weighted by atomic mass is 79.9. The van der Waals surface area contributed by atoms with Gasteiger partial charge in [-0.1, -0.05) is 15.9 Å². The number of hydrogen-bond acceptors (Lipinski definition) is 4. The van der Waals surface area contributed by atoms with Crippen LogP contribution in [0.3, 0.4) is 0 Å². The van der Waals surface area contributed by atoms with Crippen LogP contribution in [0.1, 0.15) is 17.3 Å². The molecule has 122 valence electrons. The van der Waals surface area contributed by atoms with Gasteiger partial charge in [0.15, 0.2) is 0 Å². The van der Waals surface area contributed by atoms with Gasteiger partial charge in [-0.05, 0) is 49.4 Å². The van der Waals surface area contributed by atoms with Crippen molar-refractivity contribution in [2.24, 2.45) is 0 Å². The summed E-state index contributed by atoms with van der Waals surface area (Å²) in [4.78, 5) is 10.8. The van der Waals surface area contributed by atoms with Gasteiger partial charge in [0.2, 0.25) is 0 Å². The molecule has 0 radical (unpaired) electrons. The molecule has 2 N–H and O–H groups in total. The quantitative estimate of drug-likeness (QED) is 0.776. The van der Waals surface area contributed by atoms with Crippen molar-refractivity contribution in [3.63, 3.8) is 0 Å². The van der Waals surface area contributed by atoms with Crippen molar-refractivity contribution in [1.29, 1.82) is 0 Å². The maximum absolute atomic E-state index is 12.5. The van der Waals surface area contributed by atoms with Crippen molar-refractivity contribution >= 4 is 37.6 Å². The summed E-state index contributed by atoms with van der Waals surface area (Å²) in [5.41, 5.74) is 0.336. The third-order valence-corrected chi connectivity index (χ3v) is 4.77. The van der Waals surface area contributed by atoms with Gasteiger partial charge < -0.3 is 9.84 Å². The second-order valence-corrected chi connectivity index (χ2v) is 7.08. The fourth-order valence-corrected chi connectivity index (χ4v) is 3.60. The second-order valence-electron chi connectivity index (χ2n) is 4.51. The molecule has 0 heterocycles. The number of ether oxygens (including phenoxy) is 1. The zero-order valence-electron chi connectivity index (χ0n) is 12.1. The molecule has 8 heteroatoms. The average Bonchev–Trinajstić information content (AvgIpc) is 2.49. The van der Waals surface area contributed by atoms with E-state index in [-0.39, 0.29) is 21.9 Å². The minimum Gasteiger partial charge on any atom is -0.492 e. The van der Waals surface area contributed by atoms with Crippen molar-refractivity contribution in [2.45, 2.75) is 11.8 Å². The Bertz CT molecular complexity index is 818. The van der Waals surface area contributed by atoms with Gasteiger partial charge in [-0.15, -0.1) is 0 Å². The lowest BCUT2D eigenvalue weighted by atomic mass is 10.2. The van der Waals surface area contributed by atoms with Crippen LogP contribution in [0, 0.1) is 0 Å². The van der Waals surface area contributed by atoms with Crippen LogP contribution in [0.4, 0.5) is 5.69 Å². The summed E-state index contributed by atoms with van der Waals surface area (Å²) in [6.45, 7) is 2.09. The molecule has 0 aliphatic heterocycles. The predicted octanol–water partition coefficient (Wildman–Crippen LogP) is 3.35. The van der Waals surface area contributed by atoms with Gasteiger partial charge in [-0.3, -0.25) is 4.72 Å². The van der Waals surface area contributed by atoms with Gasteiger partial charge in [0, 0.05) is 10.2 Å². The van der Waals surface area contributed by atoms with Crippen LogP contribution < -0.4 is 9.46 Å². The Hall–Kier alpha value is -2.06. The molecule has 0 fully saturated rings. The van der Waals surface area contributed by atoms with E-state index in [0.717, 1.165) is 0 Å². The molecular formula is C15H14BrNO5S. The lowest BCUT2D eigenvalue weighted by molar-refractivity contribution is 0.0697. The molecular weight excluding hydrogens is 386 g/mol. The molecule has 0 saturated heterocycles. The van der Waals surface area contributed by atoms with E-state index < -0.39 is 16.0 Å². The molecule has 0 spiro atoms. The van der Waals surface area contributed by atoms with Gasteiger partial charge in [-0.2, -0.15) is 0 Å². The van der Waals surface area contributed by atoms with Gasteiger partial charge in [-0.25, -0.2) is 13.2 Å². The molecule has 0 aromatic heterocycles. The Labute approximate surface area is 142 Å². The first-order valence-corrected chi connectivity index (χ1v) is 8.89. The normalized spacial score (nSPS) is 11.0. The van der Waals surface area contributed by atoms with Gasteiger partial charge in [0.1, 0.15) is 10.6 Å². The number of carboxylic acid groups (broad SMARTS) is 1. The minimum atomic E-state index is -3.87. The van der Waals surface area contributed by atoms with Crippen LogP contribution in [-0.2, 0) is 10.0 Å².